The molecule has 3 atom stereocenters. The third kappa shape index (κ3) is 3.48. The van der Waals surface area contributed by atoms with E-state index in [0.717, 1.165) is 32.5 Å². The summed E-state index contributed by atoms with van der Waals surface area (Å²) in [4.78, 5) is 27.5. The summed E-state index contributed by atoms with van der Waals surface area (Å²) in [5, 5.41) is 3.09. The summed E-state index contributed by atoms with van der Waals surface area (Å²) in [6.07, 6.45) is 2.60. The number of carbonyl (C=O) groups excluding carboxylic acids is 2. The molecule has 0 spiro atoms. The van der Waals surface area contributed by atoms with E-state index in [4.69, 9.17) is 9.47 Å². The Hall–Kier alpha value is -1.92. The minimum Gasteiger partial charge on any atom is -0.381 e. The van der Waals surface area contributed by atoms with Crippen LogP contribution < -0.4 is 5.32 Å². The minimum atomic E-state index is -0.282. The van der Waals surface area contributed by atoms with Crippen LogP contribution in [-0.2, 0) is 14.3 Å². The Morgan fingerprint density at radius 2 is 1.85 bits per heavy atom. The second kappa shape index (κ2) is 7.76. The molecule has 4 rings (SSSR count). The van der Waals surface area contributed by atoms with E-state index in [1.165, 1.54) is 0 Å². The topological polar surface area (TPSA) is 67.9 Å². The molecule has 0 unspecified atom stereocenters. The number of hydrogen-bond acceptors (Lipinski definition) is 4. The molecule has 6 heteroatoms. The van der Waals surface area contributed by atoms with Gasteiger partial charge < -0.3 is 19.7 Å². The van der Waals surface area contributed by atoms with Gasteiger partial charge in [-0.3, -0.25) is 9.59 Å². The zero-order valence-corrected chi connectivity index (χ0v) is 14.9. The van der Waals surface area contributed by atoms with E-state index < -0.39 is 0 Å². The Balaban J connectivity index is 1.41. The third-order valence-corrected chi connectivity index (χ3v) is 5.82. The van der Waals surface area contributed by atoms with Gasteiger partial charge in [-0.05, 0) is 37.3 Å². The van der Waals surface area contributed by atoms with Gasteiger partial charge in [0.15, 0.2) is 0 Å². The van der Waals surface area contributed by atoms with Crippen LogP contribution in [0.2, 0.25) is 0 Å². The highest BCUT2D eigenvalue weighted by Gasteiger charge is 2.50. The average molecular weight is 358 g/mol. The number of likely N-dealkylation sites (tertiary alicyclic amines) is 1. The smallest absolute Gasteiger partial charge is 0.254 e. The third-order valence-electron chi connectivity index (χ3n) is 5.82. The van der Waals surface area contributed by atoms with E-state index in [9.17, 15) is 9.59 Å². The molecular weight excluding hydrogens is 332 g/mol. The summed E-state index contributed by atoms with van der Waals surface area (Å²) in [5.74, 6) is 0.203. The van der Waals surface area contributed by atoms with E-state index in [-0.39, 0.29) is 29.9 Å². The van der Waals surface area contributed by atoms with E-state index in [2.05, 4.69) is 5.32 Å². The van der Waals surface area contributed by atoms with E-state index >= 15 is 0 Å². The molecule has 3 saturated heterocycles. The second-order valence-electron chi connectivity index (χ2n) is 7.42. The zero-order chi connectivity index (χ0) is 17.9. The van der Waals surface area contributed by atoms with E-state index in [0.29, 0.717) is 31.2 Å². The van der Waals surface area contributed by atoms with Crippen molar-refractivity contribution >= 4 is 11.8 Å². The molecular formula is C20H26N2O4. The van der Waals surface area contributed by atoms with Crippen molar-refractivity contribution in [2.75, 3.05) is 32.9 Å². The van der Waals surface area contributed by atoms with Crippen molar-refractivity contribution in [2.24, 2.45) is 11.8 Å². The highest BCUT2D eigenvalue weighted by molar-refractivity contribution is 5.95. The van der Waals surface area contributed by atoms with Crippen LogP contribution in [0.5, 0.6) is 0 Å². The van der Waals surface area contributed by atoms with Crippen LogP contribution in [0.15, 0.2) is 30.3 Å². The Kier molecular flexibility index (Phi) is 5.22. The molecule has 140 valence electrons. The second-order valence-corrected chi connectivity index (χ2v) is 7.42. The van der Waals surface area contributed by atoms with Gasteiger partial charge in [-0.25, -0.2) is 0 Å². The van der Waals surface area contributed by atoms with Crippen LogP contribution >= 0.6 is 0 Å². The van der Waals surface area contributed by atoms with Gasteiger partial charge in [-0.2, -0.15) is 0 Å². The fourth-order valence-corrected chi connectivity index (χ4v) is 4.31. The van der Waals surface area contributed by atoms with Crippen LogP contribution in [0.1, 0.15) is 29.6 Å². The minimum absolute atomic E-state index is 0.00142. The van der Waals surface area contributed by atoms with Gasteiger partial charge in [-0.1, -0.05) is 18.2 Å². The molecule has 3 aliphatic rings. The van der Waals surface area contributed by atoms with Crippen molar-refractivity contribution < 1.29 is 19.1 Å². The molecule has 3 heterocycles. The zero-order valence-electron chi connectivity index (χ0n) is 14.9. The van der Waals surface area contributed by atoms with Crippen LogP contribution in [0, 0.1) is 11.8 Å². The largest absolute Gasteiger partial charge is 0.381 e. The summed E-state index contributed by atoms with van der Waals surface area (Å²) >= 11 is 0. The summed E-state index contributed by atoms with van der Waals surface area (Å²) in [5.41, 5.74) is 0.668. The molecule has 26 heavy (non-hydrogen) atoms. The SMILES string of the molecule is O=C(NCC1CCOCC1)[C@@H]1CN(C(=O)c2ccccc2)[C@H]2CCO[C@@H]12. The first-order chi connectivity index (χ1) is 12.7. The number of benzene rings is 1. The van der Waals surface area contributed by atoms with Gasteiger partial charge >= 0.3 is 0 Å². The Bertz CT molecular complexity index is 644. The lowest BCUT2D eigenvalue weighted by Gasteiger charge is -2.23. The predicted octanol–water partition coefficient (Wildman–Crippen LogP) is 1.46. The van der Waals surface area contributed by atoms with Gasteiger partial charge in [0.05, 0.1) is 18.1 Å². The molecule has 0 bridgehead atoms. The lowest BCUT2D eigenvalue weighted by Crippen LogP contribution is -2.40. The summed E-state index contributed by atoms with van der Waals surface area (Å²) in [6.45, 7) is 3.28. The Morgan fingerprint density at radius 3 is 2.62 bits per heavy atom. The number of rotatable bonds is 4. The van der Waals surface area contributed by atoms with Crippen LogP contribution in [0.3, 0.4) is 0 Å². The first-order valence-corrected chi connectivity index (χ1v) is 9.57. The van der Waals surface area contributed by atoms with Crippen molar-refractivity contribution in [3.63, 3.8) is 0 Å². The molecule has 3 aliphatic heterocycles. The normalized spacial score (nSPS) is 28.8. The van der Waals surface area contributed by atoms with Crippen molar-refractivity contribution in [1.82, 2.24) is 10.2 Å². The van der Waals surface area contributed by atoms with Crippen molar-refractivity contribution in [1.29, 1.82) is 0 Å². The number of hydrogen-bond donors (Lipinski definition) is 1. The molecule has 0 radical (unpaired) electrons. The van der Waals surface area contributed by atoms with Crippen molar-refractivity contribution in [3.05, 3.63) is 35.9 Å². The molecule has 1 aromatic rings. The maximum atomic E-state index is 12.9. The maximum Gasteiger partial charge on any atom is 0.254 e. The molecule has 0 aromatic heterocycles. The number of fused-ring (bicyclic) bond motifs is 1. The monoisotopic (exact) mass is 358 g/mol. The first kappa shape index (κ1) is 17.5. The van der Waals surface area contributed by atoms with Crippen LogP contribution in [0.4, 0.5) is 0 Å². The van der Waals surface area contributed by atoms with E-state index in [1.807, 2.05) is 35.2 Å². The molecule has 0 saturated carbocycles. The Morgan fingerprint density at radius 1 is 1.08 bits per heavy atom. The standard InChI is InChI=1S/C20H26N2O4/c23-19(21-12-14-6-9-25-10-7-14)16-13-22(17-8-11-26-18(16)17)20(24)15-4-2-1-3-5-15/h1-5,14,16-18H,6-13H2,(H,21,23)/t16-,17+,18+/m1/s1. The van der Waals surface area contributed by atoms with Gasteiger partial charge in [0.1, 0.15) is 0 Å². The quantitative estimate of drug-likeness (QED) is 0.885. The number of carbonyl (C=O) groups is 2. The molecule has 0 aliphatic carbocycles. The lowest BCUT2D eigenvalue weighted by atomic mass is 9.98. The molecule has 1 aromatic carbocycles. The highest BCUT2D eigenvalue weighted by atomic mass is 16.5. The fourth-order valence-electron chi connectivity index (χ4n) is 4.31. The average Bonchev–Trinajstić information content (AvgIpc) is 3.30. The van der Waals surface area contributed by atoms with Crippen molar-refractivity contribution in [2.45, 2.75) is 31.4 Å². The van der Waals surface area contributed by atoms with E-state index in [1.54, 1.807) is 0 Å². The summed E-state index contributed by atoms with van der Waals surface area (Å²) in [6, 6.07) is 9.28. The van der Waals surface area contributed by atoms with Crippen LogP contribution in [-0.4, -0.2) is 61.8 Å². The summed E-state index contributed by atoms with van der Waals surface area (Å²) in [7, 11) is 0. The van der Waals surface area contributed by atoms with Gasteiger partial charge in [0, 0.05) is 38.5 Å². The predicted molar refractivity (Wildman–Crippen MR) is 95.7 cm³/mol. The fraction of sp³-hybridized carbons (Fsp3) is 0.600. The summed E-state index contributed by atoms with van der Waals surface area (Å²) < 4.78 is 11.2. The number of ether oxygens (including phenoxy) is 2. The number of nitrogens with one attached hydrogen (secondary N) is 1. The van der Waals surface area contributed by atoms with Gasteiger partial charge in [-0.15, -0.1) is 0 Å². The number of nitrogens with zero attached hydrogens (tertiary/aromatic N) is 1. The Labute approximate surface area is 153 Å². The number of amides is 2. The molecule has 3 fully saturated rings. The van der Waals surface area contributed by atoms with Gasteiger partial charge in [0.25, 0.3) is 5.91 Å². The van der Waals surface area contributed by atoms with Crippen molar-refractivity contribution in [3.8, 4) is 0 Å². The van der Waals surface area contributed by atoms with Gasteiger partial charge in [0.2, 0.25) is 5.91 Å². The molecule has 2 amide bonds. The highest BCUT2D eigenvalue weighted by Crippen LogP contribution is 2.34. The first-order valence-electron chi connectivity index (χ1n) is 9.57. The lowest BCUT2D eigenvalue weighted by molar-refractivity contribution is -0.128. The van der Waals surface area contributed by atoms with Crippen LogP contribution in [0.25, 0.3) is 0 Å². The molecule has 6 nitrogen and oxygen atoms in total. The molecule has 1 N–H and O–H groups in total. The maximum absolute atomic E-state index is 12.9.